The van der Waals surface area contributed by atoms with Crippen molar-refractivity contribution in [2.24, 2.45) is 0 Å². The molecule has 26 heavy (non-hydrogen) atoms. The number of amides is 1. The molecule has 0 saturated carbocycles. The first-order chi connectivity index (χ1) is 12.3. The van der Waals surface area contributed by atoms with Gasteiger partial charge in [0.25, 0.3) is 5.91 Å². The van der Waals surface area contributed by atoms with E-state index >= 15 is 0 Å². The molecule has 1 aromatic carbocycles. The van der Waals surface area contributed by atoms with E-state index in [0.717, 1.165) is 23.9 Å². The third-order valence-corrected chi connectivity index (χ3v) is 4.94. The molecule has 0 unspecified atom stereocenters. The molecule has 1 amide bonds. The van der Waals surface area contributed by atoms with E-state index < -0.39 is 11.7 Å². The van der Waals surface area contributed by atoms with Crippen molar-refractivity contribution < 1.29 is 22.4 Å². The van der Waals surface area contributed by atoms with Crippen LogP contribution in [0.4, 0.5) is 13.2 Å². The Balaban J connectivity index is 1.86. The number of hydrogen-bond acceptors (Lipinski definition) is 4. The molecule has 3 rings (SSSR count). The van der Waals surface area contributed by atoms with Crippen LogP contribution in [0.25, 0.3) is 17.4 Å². The monoisotopic (exact) mass is 395 g/mol. The Morgan fingerprint density at radius 2 is 2.04 bits per heavy atom. The van der Waals surface area contributed by atoms with Gasteiger partial charge in [-0.25, -0.2) is 0 Å². The van der Waals surface area contributed by atoms with Crippen molar-refractivity contribution in [1.29, 1.82) is 0 Å². The highest BCUT2D eigenvalue weighted by Gasteiger charge is 2.32. The van der Waals surface area contributed by atoms with Gasteiger partial charge in [-0.1, -0.05) is 42.2 Å². The van der Waals surface area contributed by atoms with Crippen LogP contribution in [0.1, 0.15) is 11.3 Å². The lowest BCUT2D eigenvalue weighted by molar-refractivity contribution is -0.137. The summed E-state index contributed by atoms with van der Waals surface area (Å²) in [5.41, 5.74) is -0.447. The van der Waals surface area contributed by atoms with Gasteiger partial charge in [-0.3, -0.25) is 9.69 Å². The number of carbonyl (C=O) groups is 1. The maximum absolute atomic E-state index is 12.8. The fraction of sp³-hybridized carbons (Fsp3) is 0.111. The predicted octanol–water partition coefficient (Wildman–Crippen LogP) is 5.35. The van der Waals surface area contributed by atoms with Crippen molar-refractivity contribution in [1.82, 2.24) is 4.90 Å². The Labute approximate surface area is 157 Å². The fourth-order valence-electron chi connectivity index (χ4n) is 2.35. The van der Waals surface area contributed by atoms with Crippen LogP contribution in [0.3, 0.4) is 0 Å². The molecule has 1 fully saturated rings. The molecule has 1 saturated heterocycles. The number of carbonyl (C=O) groups excluding carboxylic acids is 1. The average Bonchev–Trinajstić information content (AvgIpc) is 3.15. The van der Waals surface area contributed by atoms with Crippen LogP contribution in [0, 0.1) is 0 Å². The lowest BCUT2D eigenvalue weighted by Gasteiger charge is -2.10. The summed E-state index contributed by atoms with van der Waals surface area (Å²) in [5, 5.41) is 0. The molecule has 0 spiro atoms. The highest BCUT2D eigenvalue weighted by molar-refractivity contribution is 8.26. The summed E-state index contributed by atoms with van der Waals surface area (Å²) >= 11 is 6.29. The predicted molar refractivity (Wildman–Crippen MR) is 99.2 cm³/mol. The summed E-state index contributed by atoms with van der Waals surface area (Å²) in [6.07, 6.45) is -1.32. The van der Waals surface area contributed by atoms with Crippen molar-refractivity contribution in [2.75, 3.05) is 6.54 Å². The molecule has 0 atom stereocenters. The third kappa shape index (κ3) is 3.76. The second-order valence-corrected chi connectivity index (χ2v) is 7.04. The van der Waals surface area contributed by atoms with Crippen molar-refractivity contribution in [3.05, 3.63) is 65.3 Å². The number of hydrogen-bond donors (Lipinski definition) is 0. The Bertz CT molecular complexity index is 915. The van der Waals surface area contributed by atoms with E-state index in [1.807, 2.05) is 0 Å². The minimum absolute atomic E-state index is 0.253. The Morgan fingerprint density at radius 3 is 2.73 bits per heavy atom. The van der Waals surface area contributed by atoms with E-state index in [0.29, 0.717) is 27.1 Å². The molecule has 8 heteroatoms. The van der Waals surface area contributed by atoms with Crippen molar-refractivity contribution in [2.45, 2.75) is 6.18 Å². The zero-order valence-corrected chi connectivity index (χ0v) is 14.9. The first-order valence-corrected chi connectivity index (χ1v) is 8.66. The third-order valence-electron chi connectivity index (χ3n) is 3.56. The standard InChI is InChI=1S/C18H12F3NO2S2/c1-2-8-22-16(23)15(26-17(22)25)10-13-6-7-14(24-13)11-4-3-5-12(9-11)18(19,20)21/h2-7,9-10H,1,8H2. The van der Waals surface area contributed by atoms with Gasteiger partial charge in [-0.2, -0.15) is 13.2 Å². The van der Waals surface area contributed by atoms with Crippen LogP contribution in [0.2, 0.25) is 0 Å². The minimum atomic E-state index is -4.43. The molecule has 2 aromatic rings. The second-order valence-electron chi connectivity index (χ2n) is 5.36. The largest absolute Gasteiger partial charge is 0.457 e. The number of nitrogens with zero attached hydrogens (tertiary/aromatic N) is 1. The van der Waals surface area contributed by atoms with Crippen LogP contribution in [0.5, 0.6) is 0 Å². The van der Waals surface area contributed by atoms with Crippen molar-refractivity contribution >= 4 is 40.3 Å². The Hall–Kier alpha value is -2.32. The first kappa shape index (κ1) is 18.5. The summed E-state index contributed by atoms with van der Waals surface area (Å²) in [7, 11) is 0. The maximum Gasteiger partial charge on any atom is 0.416 e. The molecule has 1 aliphatic heterocycles. The van der Waals surface area contributed by atoms with E-state index in [1.165, 1.54) is 23.1 Å². The second kappa shape index (κ2) is 7.13. The van der Waals surface area contributed by atoms with E-state index in [1.54, 1.807) is 18.2 Å². The molecule has 1 aliphatic rings. The summed E-state index contributed by atoms with van der Waals surface area (Å²) in [6.45, 7) is 3.90. The Morgan fingerprint density at radius 1 is 1.27 bits per heavy atom. The normalized spacial score (nSPS) is 16.6. The smallest absolute Gasteiger partial charge is 0.416 e. The summed E-state index contributed by atoms with van der Waals surface area (Å²) in [6, 6.07) is 8.02. The SMILES string of the molecule is C=CCN1C(=O)C(=Cc2ccc(-c3cccc(C(F)(F)F)c3)o2)SC1=S. The van der Waals surface area contributed by atoms with Gasteiger partial charge in [0.15, 0.2) is 0 Å². The van der Waals surface area contributed by atoms with Gasteiger partial charge in [-0.05, 0) is 24.3 Å². The van der Waals surface area contributed by atoms with Crippen LogP contribution < -0.4 is 0 Å². The van der Waals surface area contributed by atoms with Gasteiger partial charge in [0.05, 0.1) is 10.5 Å². The molecule has 3 nitrogen and oxygen atoms in total. The van der Waals surface area contributed by atoms with Crippen LogP contribution in [-0.4, -0.2) is 21.7 Å². The Kier molecular flexibility index (Phi) is 5.06. The molecule has 0 bridgehead atoms. The van der Waals surface area contributed by atoms with Crippen LogP contribution in [-0.2, 0) is 11.0 Å². The molecule has 0 aliphatic carbocycles. The van der Waals surface area contributed by atoms with E-state index in [-0.39, 0.29) is 11.7 Å². The molecule has 134 valence electrons. The fourth-order valence-corrected chi connectivity index (χ4v) is 3.61. The van der Waals surface area contributed by atoms with Gasteiger partial charge in [-0.15, -0.1) is 6.58 Å². The van der Waals surface area contributed by atoms with E-state index in [4.69, 9.17) is 16.6 Å². The number of thiocarbonyl (C=S) groups is 1. The molecule has 0 N–H and O–H groups in total. The number of halogens is 3. The topological polar surface area (TPSA) is 33.5 Å². The quantitative estimate of drug-likeness (QED) is 0.397. The lowest BCUT2D eigenvalue weighted by Crippen LogP contribution is -2.27. The summed E-state index contributed by atoms with van der Waals surface area (Å²) < 4.78 is 44.5. The van der Waals surface area contributed by atoms with Gasteiger partial charge in [0, 0.05) is 18.2 Å². The lowest BCUT2D eigenvalue weighted by atomic mass is 10.1. The summed E-state index contributed by atoms with van der Waals surface area (Å²) in [5.74, 6) is 0.386. The average molecular weight is 395 g/mol. The highest BCUT2D eigenvalue weighted by atomic mass is 32.2. The summed E-state index contributed by atoms with van der Waals surface area (Å²) in [4.78, 5) is 14.1. The molecular formula is C18H12F3NO2S2. The number of furan rings is 1. The molecule has 0 radical (unpaired) electrons. The van der Waals surface area contributed by atoms with Gasteiger partial charge >= 0.3 is 6.18 Å². The maximum atomic E-state index is 12.8. The van der Waals surface area contributed by atoms with E-state index in [9.17, 15) is 18.0 Å². The van der Waals surface area contributed by atoms with Crippen molar-refractivity contribution in [3.63, 3.8) is 0 Å². The number of alkyl halides is 3. The first-order valence-electron chi connectivity index (χ1n) is 7.43. The van der Waals surface area contributed by atoms with Crippen LogP contribution >= 0.6 is 24.0 Å². The van der Waals surface area contributed by atoms with Gasteiger partial charge in [0.2, 0.25) is 0 Å². The number of benzene rings is 1. The zero-order valence-electron chi connectivity index (χ0n) is 13.2. The van der Waals surface area contributed by atoms with Crippen molar-refractivity contribution in [3.8, 4) is 11.3 Å². The molecule has 1 aromatic heterocycles. The zero-order chi connectivity index (χ0) is 18.9. The van der Waals surface area contributed by atoms with Gasteiger partial charge in [0.1, 0.15) is 15.8 Å². The highest BCUT2D eigenvalue weighted by Crippen LogP contribution is 2.35. The molecule has 2 heterocycles. The number of rotatable bonds is 4. The number of thioether (sulfide) groups is 1. The molecular weight excluding hydrogens is 383 g/mol. The van der Waals surface area contributed by atoms with E-state index in [2.05, 4.69) is 6.58 Å². The van der Waals surface area contributed by atoms with Crippen LogP contribution in [0.15, 0.2) is 58.4 Å². The van der Waals surface area contributed by atoms with Gasteiger partial charge < -0.3 is 4.42 Å². The minimum Gasteiger partial charge on any atom is -0.457 e.